The summed E-state index contributed by atoms with van der Waals surface area (Å²) < 4.78 is 1.89. The maximum Gasteiger partial charge on any atom is 0.251 e. The fraction of sp³-hybridized carbons (Fsp3) is 0.522. The van der Waals surface area contributed by atoms with E-state index in [1.54, 1.807) is 4.90 Å². The summed E-state index contributed by atoms with van der Waals surface area (Å²) in [5, 5.41) is 7.47. The van der Waals surface area contributed by atoms with Gasteiger partial charge in [-0.3, -0.25) is 14.5 Å². The molecule has 0 unspecified atom stereocenters. The number of likely N-dealkylation sites (N-methyl/N-ethyl adjacent to an activating group) is 1. The monoisotopic (exact) mass is 424 g/mol. The van der Waals surface area contributed by atoms with Gasteiger partial charge in [0.05, 0.1) is 18.8 Å². The van der Waals surface area contributed by atoms with Gasteiger partial charge < -0.3 is 15.1 Å². The Morgan fingerprint density at radius 1 is 1.10 bits per heavy atom. The van der Waals surface area contributed by atoms with Gasteiger partial charge in [0.25, 0.3) is 5.91 Å². The van der Waals surface area contributed by atoms with Crippen LogP contribution in [0.4, 0.5) is 5.82 Å². The normalized spacial score (nSPS) is 17.6. The van der Waals surface area contributed by atoms with Gasteiger partial charge in [0, 0.05) is 50.8 Å². The zero-order valence-corrected chi connectivity index (χ0v) is 18.5. The first-order chi connectivity index (χ1) is 15.0. The van der Waals surface area contributed by atoms with Crippen molar-refractivity contribution in [2.24, 2.45) is 0 Å². The molecule has 1 aromatic carbocycles. The SMILES string of the molecule is Cc1cc2n(n1)CCC(=O)N2Cc1ccc(C(=O)NCCCN2CCN(C)CC2)cc1. The van der Waals surface area contributed by atoms with Gasteiger partial charge in [0.2, 0.25) is 5.91 Å². The number of nitrogens with zero attached hydrogens (tertiary/aromatic N) is 5. The van der Waals surface area contributed by atoms with E-state index in [-0.39, 0.29) is 11.8 Å². The number of fused-ring (bicyclic) bond motifs is 1. The molecule has 1 N–H and O–H groups in total. The quantitative estimate of drug-likeness (QED) is 0.682. The molecule has 1 aromatic heterocycles. The summed E-state index contributed by atoms with van der Waals surface area (Å²) in [6.45, 7) is 9.19. The number of carbonyl (C=O) groups is 2. The lowest BCUT2D eigenvalue weighted by atomic mass is 10.1. The van der Waals surface area contributed by atoms with E-state index in [1.807, 2.05) is 41.9 Å². The van der Waals surface area contributed by atoms with Crippen molar-refractivity contribution in [2.45, 2.75) is 32.9 Å². The minimum absolute atomic E-state index is 0.0484. The molecule has 31 heavy (non-hydrogen) atoms. The molecule has 2 amide bonds. The maximum atomic E-state index is 12.5. The second-order valence-corrected chi connectivity index (χ2v) is 8.55. The Labute approximate surface area is 183 Å². The molecule has 4 rings (SSSR count). The van der Waals surface area contributed by atoms with Crippen LogP contribution in [0.2, 0.25) is 0 Å². The fourth-order valence-corrected chi connectivity index (χ4v) is 4.17. The van der Waals surface area contributed by atoms with Crippen molar-refractivity contribution in [3.05, 3.63) is 47.2 Å². The van der Waals surface area contributed by atoms with Crippen LogP contribution in [-0.4, -0.2) is 77.7 Å². The van der Waals surface area contributed by atoms with Crippen LogP contribution in [0.5, 0.6) is 0 Å². The van der Waals surface area contributed by atoms with Crippen molar-refractivity contribution in [1.82, 2.24) is 24.9 Å². The largest absolute Gasteiger partial charge is 0.352 e. The highest BCUT2D eigenvalue weighted by Crippen LogP contribution is 2.24. The number of nitrogens with one attached hydrogen (secondary N) is 1. The van der Waals surface area contributed by atoms with E-state index >= 15 is 0 Å². The summed E-state index contributed by atoms with van der Waals surface area (Å²) >= 11 is 0. The van der Waals surface area contributed by atoms with E-state index in [9.17, 15) is 9.59 Å². The first-order valence-corrected chi connectivity index (χ1v) is 11.1. The lowest BCUT2D eigenvalue weighted by Gasteiger charge is -2.32. The summed E-state index contributed by atoms with van der Waals surface area (Å²) in [4.78, 5) is 31.5. The van der Waals surface area contributed by atoms with Crippen LogP contribution in [0.3, 0.4) is 0 Å². The highest BCUT2D eigenvalue weighted by atomic mass is 16.2. The number of aryl methyl sites for hydroxylation is 2. The van der Waals surface area contributed by atoms with E-state index in [4.69, 9.17) is 0 Å². The van der Waals surface area contributed by atoms with Crippen LogP contribution in [0, 0.1) is 6.92 Å². The topological polar surface area (TPSA) is 73.7 Å². The molecule has 0 atom stereocenters. The van der Waals surface area contributed by atoms with Crippen molar-refractivity contribution in [3.63, 3.8) is 0 Å². The van der Waals surface area contributed by atoms with E-state index in [2.05, 4.69) is 27.3 Å². The van der Waals surface area contributed by atoms with E-state index in [0.29, 0.717) is 31.6 Å². The van der Waals surface area contributed by atoms with Crippen LogP contribution in [0.15, 0.2) is 30.3 Å². The zero-order valence-electron chi connectivity index (χ0n) is 18.5. The molecule has 1 fully saturated rings. The Morgan fingerprint density at radius 2 is 1.84 bits per heavy atom. The van der Waals surface area contributed by atoms with Gasteiger partial charge >= 0.3 is 0 Å². The third kappa shape index (κ3) is 5.32. The molecule has 8 nitrogen and oxygen atoms in total. The van der Waals surface area contributed by atoms with Crippen molar-refractivity contribution in [3.8, 4) is 0 Å². The third-order valence-corrected chi connectivity index (χ3v) is 6.09. The maximum absolute atomic E-state index is 12.5. The molecule has 0 aliphatic carbocycles. The van der Waals surface area contributed by atoms with E-state index < -0.39 is 0 Å². The van der Waals surface area contributed by atoms with Gasteiger partial charge in [-0.2, -0.15) is 5.10 Å². The number of aromatic nitrogens is 2. The first-order valence-electron chi connectivity index (χ1n) is 11.1. The van der Waals surface area contributed by atoms with E-state index in [0.717, 1.165) is 56.2 Å². The van der Waals surface area contributed by atoms with Crippen molar-refractivity contribution < 1.29 is 9.59 Å². The Bertz CT molecular complexity index is 915. The number of anilines is 1. The Balaban J connectivity index is 1.26. The number of amides is 2. The Morgan fingerprint density at radius 3 is 2.58 bits per heavy atom. The highest BCUT2D eigenvalue weighted by molar-refractivity contribution is 5.95. The molecule has 0 saturated carbocycles. The van der Waals surface area contributed by atoms with Crippen molar-refractivity contribution in [1.29, 1.82) is 0 Å². The molecule has 0 radical (unpaired) electrons. The first kappa shape index (κ1) is 21.5. The van der Waals surface area contributed by atoms with Crippen LogP contribution in [-0.2, 0) is 17.9 Å². The fourth-order valence-electron chi connectivity index (χ4n) is 4.17. The lowest BCUT2D eigenvalue weighted by Crippen LogP contribution is -2.45. The van der Waals surface area contributed by atoms with Gasteiger partial charge in [-0.25, -0.2) is 4.68 Å². The number of rotatable bonds is 7. The minimum atomic E-state index is -0.0484. The number of carbonyl (C=O) groups excluding carboxylic acids is 2. The summed E-state index contributed by atoms with van der Waals surface area (Å²) in [5.74, 6) is 0.901. The Hall–Kier alpha value is -2.71. The highest BCUT2D eigenvalue weighted by Gasteiger charge is 2.25. The summed E-state index contributed by atoms with van der Waals surface area (Å²) in [5.41, 5.74) is 2.55. The van der Waals surface area contributed by atoms with Crippen LogP contribution in [0.1, 0.15) is 34.5 Å². The molecule has 2 aliphatic heterocycles. The molecule has 8 heteroatoms. The van der Waals surface area contributed by atoms with Crippen molar-refractivity contribution in [2.75, 3.05) is 51.2 Å². The summed E-state index contributed by atoms with van der Waals surface area (Å²) in [6, 6.07) is 9.47. The number of piperazine rings is 1. The predicted molar refractivity (Wildman–Crippen MR) is 120 cm³/mol. The van der Waals surface area contributed by atoms with Crippen molar-refractivity contribution >= 4 is 17.6 Å². The van der Waals surface area contributed by atoms with E-state index in [1.165, 1.54) is 0 Å². The van der Waals surface area contributed by atoms with Gasteiger partial charge in [0.15, 0.2) is 0 Å². The molecule has 0 bridgehead atoms. The van der Waals surface area contributed by atoms with Gasteiger partial charge in [0.1, 0.15) is 5.82 Å². The number of benzene rings is 1. The molecular weight excluding hydrogens is 392 g/mol. The smallest absolute Gasteiger partial charge is 0.251 e. The second-order valence-electron chi connectivity index (χ2n) is 8.55. The third-order valence-electron chi connectivity index (χ3n) is 6.09. The molecule has 0 spiro atoms. The van der Waals surface area contributed by atoms with Crippen LogP contribution in [0.25, 0.3) is 0 Å². The molecular formula is C23H32N6O2. The Kier molecular flexibility index (Phi) is 6.67. The van der Waals surface area contributed by atoms with Gasteiger partial charge in [-0.1, -0.05) is 12.1 Å². The molecule has 166 valence electrons. The average molecular weight is 425 g/mol. The zero-order chi connectivity index (χ0) is 21.8. The molecule has 3 heterocycles. The van der Waals surface area contributed by atoms with Gasteiger partial charge in [-0.15, -0.1) is 0 Å². The minimum Gasteiger partial charge on any atom is -0.352 e. The standard InChI is InChI=1S/C23H32N6O2/c1-18-16-21-28(22(30)8-11-29(21)25-18)17-19-4-6-20(7-5-19)23(31)24-9-3-10-27-14-12-26(2)13-15-27/h4-7,16H,3,8-15,17H2,1-2H3,(H,24,31). The summed E-state index contributed by atoms with van der Waals surface area (Å²) in [7, 11) is 2.16. The number of hydrogen-bond acceptors (Lipinski definition) is 5. The summed E-state index contributed by atoms with van der Waals surface area (Å²) in [6.07, 6.45) is 1.42. The molecule has 1 saturated heterocycles. The average Bonchev–Trinajstić information content (AvgIpc) is 3.15. The number of hydrogen-bond donors (Lipinski definition) is 1. The molecule has 2 aromatic rings. The van der Waals surface area contributed by atoms with Gasteiger partial charge in [-0.05, 0) is 44.6 Å². The second kappa shape index (κ2) is 9.62. The molecule has 2 aliphatic rings. The van der Waals surface area contributed by atoms with Crippen LogP contribution < -0.4 is 10.2 Å². The predicted octanol–water partition coefficient (Wildman–Crippen LogP) is 1.50. The lowest BCUT2D eigenvalue weighted by molar-refractivity contribution is -0.119. The van der Waals surface area contributed by atoms with Crippen LogP contribution >= 0.6 is 0 Å².